The van der Waals surface area contributed by atoms with E-state index in [4.69, 9.17) is 5.73 Å². The number of anilines is 1. The lowest BCUT2D eigenvalue weighted by atomic mass is 10.1. The maximum Gasteiger partial charge on any atom is 0.222 e. The summed E-state index contributed by atoms with van der Waals surface area (Å²) < 4.78 is 22.7. The molecule has 4 N–H and O–H groups in total. The lowest BCUT2D eigenvalue weighted by Gasteiger charge is -2.10. The fraction of sp³-hybridized carbons (Fsp3) is 0.500. The first-order chi connectivity index (χ1) is 11.2. The minimum absolute atomic E-state index is 0. The van der Waals surface area contributed by atoms with E-state index in [-0.39, 0.29) is 66.4 Å². The van der Waals surface area contributed by atoms with Crippen LogP contribution >= 0.6 is 24.0 Å². The fourth-order valence-electron chi connectivity index (χ4n) is 2.49. The van der Waals surface area contributed by atoms with Gasteiger partial charge in [0.25, 0.3) is 0 Å². The molecule has 25 heavy (non-hydrogen) atoms. The van der Waals surface area contributed by atoms with Gasteiger partial charge in [-0.3, -0.25) is 9.79 Å². The van der Waals surface area contributed by atoms with Gasteiger partial charge in [-0.2, -0.15) is 0 Å². The van der Waals surface area contributed by atoms with Crippen LogP contribution in [0.1, 0.15) is 24.0 Å². The molecule has 7 nitrogen and oxygen atoms in total. The molecule has 1 atom stereocenters. The van der Waals surface area contributed by atoms with E-state index in [1.807, 2.05) is 32.0 Å². The number of hydrogen-bond acceptors (Lipinski definition) is 4. The van der Waals surface area contributed by atoms with Gasteiger partial charge in [0.1, 0.15) is 0 Å². The van der Waals surface area contributed by atoms with Crippen LogP contribution in [0, 0.1) is 13.8 Å². The van der Waals surface area contributed by atoms with Crippen molar-refractivity contribution in [3.63, 3.8) is 0 Å². The van der Waals surface area contributed by atoms with Crippen molar-refractivity contribution in [2.45, 2.75) is 32.7 Å². The molecular formula is C16H25IN4O3S. The number of hydrogen-bond donors (Lipinski definition) is 3. The number of guanidine groups is 1. The van der Waals surface area contributed by atoms with Crippen LogP contribution in [-0.2, 0) is 14.6 Å². The smallest absolute Gasteiger partial charge is 0.222 e. The molecule has 1 aromatic rings. The van der Waals surface area contributed by atoms with Crippen molar-refractivity contribution in [1.29, 1.82) is 0 Å². The Bertz CT molecular complexity index is 750. The maximum absolute atomic E-state index is 11.8. The summed E-state index contributed by atoms with van der Waals surface area (Å²) in [6, 6.07) is 5.61. The number of halogens is 1. The van der Waals surface area contributed by atoms with Gasteiger partial charge in [-0.05, 0) is 43.5 Å². The molecular weight excluding hydrogens is 455 g/mol. The number of nitrogens with two attached hydrogens (primary N) is 1. The van der Waals surface area contributed by atoms with E-state index in [9.17, 15) is 13.2 Å². The molecule has 0 saturated carbocycles. The molecule has 1 unspecified atom stereocenters. The number of amides is 1. The monoisotopic (exact) mass is 480 g/mol. The van der Waals surface area contributed by atoms with E-state index in [1.54, 1.807) is 0 Å². The van der Waals surface area contributed by atoms with Gasteiger partial charge in [-0.15, -0.1) is 24.0 Å². The predicted molar refractivity (Wildman–Crippen MR) is 111 cm³/mol. The first-order valence-corrected chi connectivity index (χ1v) is 9.71. The third-order valence-electron chi connectivity index (χ3n) is 4.00. The number of nitrogens with zero attached hydrogens (tertiary/aromatic N) is 1. The van der Waals surface area contributed by atoms with Crippen molar-refractivity contribution in [3.05, 3.63) is 29.3 Å². The van der Waals surface area contributed by atoms with Gasteiger partial charge in [0, 0.05) is 18.2 Å². The van der Waals surface area contributed by atoms with Crippen LogP contribution in [0.4, 0.5) is 5.69 Å². The SMILES string of the molecule is Cc1ccc(NC(N)=NCCC(=O)NC2CCS(=O)(=O)C2)cc1C.I. The molecule has 1 aromatic carbocycles. The number of sulfone groups is 1. The molecule has 1 amide bonds. The van der Waals surface area contributed by atoms with Crippen LogP contribution in [0.25, 0.3) is 0 Å². The number of benzene rings is 1. The molecule has 1 aliphatic rings. The van der Waals surface area contributed by atoms with Gasteiger partial charge >= 0.3 is 0 Å². The van der Waals surface area contributed by atoms with Crippen molar-refractivity contribution in [2.24, 2.45) is 10.7 Å². The zero-order valence-corrected chi connectivity index (χ0v) is 17.6. The summed E-state index contributed by atoms with van der Waals surface area (Å²) in [5.74, 6) is 0.204. The van der Waals surface area contributed by atoms with Crippen molar-refractivity contribution in [1.82, 2.24) is 5.32 Å². The van der Waals surface area contributed by atoms with E-state index in [1.165, 1.54) is 5.56 Å². The normalized spacial score (nSPS) is 19.1. The maximum atomic E-state index is 11.8. The fourth-order valence-corrected chi connectivity index (χ4v) is 4.17. The van der Waals surface area contributed by atoms with Gasteiger partial charge in [-0.25, -0.2) is 8.42 Å². The number of carbonyl (C=O) groups is 1. The Morgan fingerprint density at radius 3 is 2.64 bits per heavy atom. The predicted octanol–water partition coefficient (Wildman–Crippen LogP) is 1.34. The number of carbonyl (C=O) groups excluding carboxylic acids is 1. The lowest BCUT2D eigenvalue weighted by molar-refractivity contribution is -0.121. The number of aliphatic imine (C=N–C) groups is 1. The van der Waals surface area contributed by atoms with Crippen LogP contribution < -0.4 is 16.4 Å². The Balaban J connectivity index is 0.00000312. The second kappa shape index (κ2) is 9.37. The van der Waals surface area contributed by atoms with Gasteiger partial charge in [0.2, 0.25) is 5.91 Å². The van der Waals surface area contributed by atoms with Gasteiger partial charge in [0.05, 0.1) is 18.1 Å². The molecule has 9 heteroatoms. The molecule has 1 saturated heterocycles. The Morgan fingerprint density at radius 1 is 1.32 bits per heavy atom. The van der Waals surface area contributed by atoms with E-state index in [0.29, 0.717) is 6.42 Å². The zero-order valence-electron chi connectivity index (χ0n) is 14.4. The molecule has 1 aliphatic heterocycles. The molecule has 0 spiro atoms. The highest BCUT2D eigenvalue weighted by Crippen LogP contribution is 2.14. The number of aryl methyl sites for hydroxylation is 2. The average Bonchev–Trinajstić information content (AvgIpc) is 2.81. The summed E-state index contributed by atoms with van der Waals surface area (Å²) in [5.41, 5.74) is 9.00. The van der Waals surface area contributed by atoms with Crippen LogP contribution in [0.15, 0.2) is 23.2 Å². The Morgan fingerprint density at radius 2 is 2.04 bits per heavy atom. The van der Waals surface area contributed by atoms with Gasteiger partial charge in [-0.1, -0.05) is 6.07 Å². The quantitative estimate of drug-likeness (QED) is 0.335. The van der Waals surface area contributed by atoms with E-state index in [0.717, 1.165) is 11.3 Å². The minimum Gasteiger partial charge on any atom is -0.370 e. The highest BCUT2D eigenvalue weighted by atomic mass is 127. The van der Waals surface area contributed by atoms with Crippen molar-refractivity contribution < 1.29 is 13.2 Å². The summed E-state index contributed by atoms with van der Waals surface area (Å²) in [7, 11) is -2.99. The second-order valence-electron chi connectivity index (χ2n) is 6.11. The highest BCUT2D eigenvalue weighted by molar-refractivity contribution is 14.0. The van der Waals surface area contributed by atoms with E-state index in [2.05, 4.69) is 15.6 Å². The van der Waals surface area contributed by atoms with Gasteiger partial charge in [0.15, 0.2) is 15.8 Å². The van der Waals surface area contributed by atoms with Crippen molar-refractivity contribution >= 4 is 51.4 Å². The van der Waals surface area contributed by atoms with Crippen LogP contribution in [0.2, 0.25) is 0 Å². The van der Waals surface area contributed by atoms with Gasteiger partial charge < -0.3 is 16.4 Å². The Labute approximate surface area is 165 Å². The highest BCUT2D eigenvalue weighted by Gasteiger charge is 2.28. The third kappa shape index (κ3) is 7.18. The standard InChI is InChI=1S/C16H24N4O3S.HI/c1-11-3-4-13(9-12(11)2)20-16(17)18-7-5-15(21)19-14-6-8-24(22,23)10-14;/h3-4,9,14H,5-8,10H2,1-2H3,(H,19,21)(H3,17,18,20);1H. The first-order valence-electron chi connectivity index (χ1n) is 7.89. The van der Waals surface area contributed by atoms with Crippen LogP contribution in [-0.4, -0.2) is 44.4 Å². The minimum atomic E-state index is -2.99. The average molecular weight is 480 g/mol. The second-order valence-corrected chi connectivity index (χ2v) is 8.34. The summed E-state index contributed by atoms with van der Waals surface area (Å²) in [6.45, 7) is 4.29. The van der Waals surface area contributed by atoms with E-state index < -0.39 is 9.84 Å². The third-order valence-corrected chi connectivity index (χ3v) is 5.77. The molecule has 0 bridgehead atoms. The molecule has 1 fully saturated rings. The van der Waals surface area contributed by atoms with Crippen molar-refractivity contribution in [2.75, 3.05) is 23.4 Å². The Hall–Kier alpha value is -1.36. The molecule has 0 aliphatic carbocycles. The first kappa shape index (κ1) is 21.7. The molecule has 0 aromatic heterocycles. The number of rotatable bonds is 5. The topological polar surface area (TPSA) is 114 Å². The molecule has 2 rings (SSSR count). The number of nitrogens with one attached hydrogen (secondary N) is 2. The summed E-state index contributed by atoms with van der Waals surface area (Å²) in [5, 5.41) is 5.71. The summed E-state index contributed by atoms with van der Waals surface area (Å²) >= 11 is 0. The molecule has 0 radical (unpaired) electrons. The van der Waals surface area contributed by atoms with E-state index >= 15 is 0 Å². The zero-order chi connectivity index (χ0) is 17.7. The summed E-state index contributed by atoms with van der Waals surface area (Å²) in [6.07, 6.45) is 0.652. The molecule has 1 heterocycles. The van der Waals surface area contributed by atoms with Crippen molar-refractivity contribution in [3.8, 4) is 0 Å². The van der Waals surface area contributed by atoms with Crippen LogP contribution in [0.5, 0.6) is 0 Å². The summed E-state index contributed by atoms with van der Waals surface area (Å²) in [4.78, 5) is 15.9. The largest absolute Gasteiger partial charge is 0.370 e. The lowest BCUT2D eigenvalue weighted by Crippen LogP contribution is -2.36. The molecule has 140 valence electrons. The Kier molecular flexibility index (Phi) is 8.13. The van der Waals surface area contributed by atoms with Crippen LogP contribution in [0.3, 0.4) is 0 Å².